The second kappa shape index (κ2) is 7.89. The number of aromatic nitrogens is 1. The van der Waals surface area contributed by atoms with Crippen LogP contribution in [0.5, 0.6) is 5.75 Å². The van der Waals surface area contributed by atoms with E-state index in [-0.39, 0.29) is 12.6 Å². The summed E-state index contributed by atoms with van der Waals surface area (Å²) in [5, 5.41) is 13.6. The lowest BCUT2D eigenvalue weighted by Crippen LogP contribution is -2.33. The molecule has 0 radical (unpaired) electrons. The molecule has 1 fully saturated rings. The second-order valence-electron chi connectivity index (χ2n) is 6.28. The number of hydrogen-bond donors (Lipinski definition) is 1. The van der Waals surface area contributed by atoms with E-state index in [9.17, 15) is 4.79 Å². The monoisotopic (exact) mass is 364 g/mol. The molecule has 1 atom stereocenters. The Morgan fingerprint density at radius 2 is 2.28 bits per heavy atom. The van der Waals surface area contributed by atoms with E-state index in [4.69, 9.17) is 26.0 Å². The quantitative estimate of drug-likeness (QED) is 0.839. The minimum atomic E-state index is -1.00. The molecule has 1 saturated heterocycles. The van der Waals surface area contributed by atoms with Crippen LogP contribution in [0.15, 0.2) is 28.8 Å². The molecular weight excluding hydrogens is 344 g/mol. The maximum absolute atomic E-state index is 10.8. The average Bonchev–Trinajstić information content (AvgIpc) is 3.01. The van der Waals surface area contributed by atoms with Crippen molar-refractivity contribution in [1.29, 1.82) is 0 Å². The predicted molar refractivity (Wildman–Crippen MR) is 92.8 cm³/mol. The lowest BCUT2D eigenvalue weighted by atomic mass is 9.98. The Bertz CT molecular complexity index is 746. The van der Waals surface area contributed by atoms with Crippen LogP contribution in [0.2, 0.25) is 5.02 Å². The number of rotatable bonds is 6. The van der Waals surface area contributed by atoms with E-state index in [1.807, 2.05) is 19.1 Å². The Balaban J connectivity index is 1.81. The van der Waals surface area contributed by atoms with Crippen LogP contribution in [-0.2, 0) is 11.3 Å². The van der Waals surface area contributed by atoms with Crippen molar-refractivity contribution in [3.8, 4) is 5.75 Å². The number of halogens is 1. The van der Waals surface area contributed by atoms with Crippen molar-refractivity contribution in [2.75, 3.05) is 13.2 Å². The summed E-state index contributed by atoms with van der Waals surface area (Å²) in [7, 11) is 0. The number of carbonyl (C=O) groups is 1. The summed E-state index contributed by atoms with van der Waals surface area (Å²) in [5.74, 6) is 0.344. The number of nitrogens with zero attached hydrogens (tertiary/aromatic N) is 2. The van der Waals surface area contributed by atoms with Crippen molar-refractivity contribution in [2.45, 2.75) is 38.8 Å². The van der Waals surface area contributed by atoms with Gasteiger partial charge in [0.1, 0.15) is 17.2 Å². The van der Waals surface area contributed by atoms with Gasteiger partial charge in [-0.2, -0.15) is 0 Å². The number of carboxylic acids is 1. The third-order valence-corrected chi connectivity index (χ3v) is 4.58. The molecule has 0 spiro atoms. The molecular formula is C18H21ClN2O4. The maximum atomic E-state index is 10.8. The summed E-state index contributed by atoms with van der Waals surface area (Å²) in [6, 6.07) is 7.41. The van der Waals surface area contributed by atoms with Gasteiger partial charge in [0.25, 0.3) is 0 Å². The highest BCUT2D eigenvalue weighted by Crippen LogP contribution is 2.34. The highest BCUT2D eigenvalue weighted by molar-refractivity contribution is 6.30. The third-order valence-electron chi connectivity index (χ3n) is 4.35. The van der Waals surface area contributed by atoms with E-state index >= 15 is 0 Å². The van der Waals surface area contributed by atoms with E-state index < -0.39 is 5.97 Å². The molecule has 7 heteroatoms. The number of piperidine rings is 1. The van der Waals surface area contributed by atoms with Crippen molar-refractivity contribution < 1.29 is 19.2 Å². The van der Waals surface area contributed by atoms with Crippen molar-refractivity contribution >= 4 is 17.6 Å². The Hall–Kier alpha value is -2.05. The summed E-state index contributed by atoms with van der Waals surface area (Å²) in [6.07, 6.45) is 3.27. The first-order valence-corrected chi connectivity index (χ1v) is 8.71. The first-order valence-electron chi connectivity index (χ1n) is 8.33. The maximum Gasteiger partial charge on any atom is 0.341 e. The number of likely N-dealkylation sites (tertiary alicyclic amines) is 1. The van der Waals surface area contributed by atoms with Crippen LogP contribution in [0.3, 0.4) is 0 Å². The molecule has 0 unspecified atom stereocenters. The van der Waals surface area contributed by atoms with Gasteiger partial charge in [0, 0.05) is 23.2 Å². The molecule has 6 nitrogen and oxygen atoms in total. The van der Waals surface area contributed by atoms with Gasteiger partial charge in [-0.25, -0.2) is 4.79 Å². The molecule has 2 heterocycles. The average molecular weight is 365 g/mol. The molecule has 1 N–H and O–H groups in total. The van der Waals surface area contributed by atoms with E-state index in [0.717, 1.165) is 42.8 Å². The predicted octanol–water partition coefficient (Wildman–Crippen LogP) is 3.83. The fourth-order valence-corrected chi connectivity index (χ4v) is 3.42. The third kappa shape index (κ3) is 4.52. The Kier molecular flexibility index (Phi) is 5.60. The number of benzene rings is 1. The summed E-state index contributed by atoms with van der Waals surface area (Å²) in [4.78, 5) is 13.1. The zero-order chi connectivity index (χ0) is 17.8. The molecule has 1 aromatic carbocycles. The molecule has 1 aromatic heterocycles. The molecule has 2 aromatic rings. The van der Waals surface area contributed by atoms with Gasteiger partial charge < -0.3 is 14.4 Å². The van der Waals surface area contributed by atoms with Crippen LogP contribution in [0.1, 0.15) is 42.3 Å². The SMILES string of the molecule is Cc1cc([C@H]2CCCCN2Cc2cc(Cl)ccc2OCC(=O)O)no1. The Morgan fingerprint density at radius 3 is 3.00 bits per heavy atom. The largest absolute Gasteiger partial charge is 0.482 e. The number of aliphatic carboxylic acids is 1. The van der Waals surface area contributed by atoms with Crippen LogP contribution in [0, 0.1) is 6.92 Å². The van der Waals surface area contributed by atoms with Crippen LogP contribution in [0.25, 0.3) is 0 Å². The topological polar surface area (TPSA) is 75.8 Å². The van der Waals surface area contributed by atoms with Gasteiger partial charge in [-0.05, 0) is 44.5 Å². The zero-order valence-electron chi connectivity index (χ0n) is 14.1. The highest BCUT2D eigenvalue weighted by atomic mass is 35.5. The van der Waals surface area contributed by atoms with E-state index in [1.165, 1.54) is 0 Å². The van der Waals surface area contributed by atoms with Crippen LogP contribution in [0.4, 0.5) is 0 Å². The summed E-state index contributed by atoms with van der Waals surface area (Å²) in [5.41, 5.74) is 1.81. The van der Waals surface area contributed by atoms with Crippen LogP contribution in [-0.4, -0.2) is 34.3 Å². The molecule has 1 aliphatic heterocycles. The summed E-state index contributed by atoms with van der Waals surface area (Å²) < 4.78 is 10.7. The standard InChI is InChI=1S/C18H21ClN2O4/c1-12-8-15(20-25-12)16-4-2-3-7-21(16)10-13-9-14(19)5-6-17(13)24-11-18(22)23/h5-6,8-9,16H,2-4,7,10-11H2,1H3,(H,22,23)/t16-/m1/s1. The van der Waals surface area contributed by atoms with E-state index in [1.54, 1.807) is 12.1 Å². The van der Waals surface area contributed by atoms with Crippen molar-refractivity contribution in [3.63, 3.8) is 0 Å². The van der Waals surface area contributed by atoms with Gasteiger partial charge in [-0.1, -0.05) is 23.2 Å². The van der Waals surface area contributed by atoms with E-state index in [2.05, 4.69) is 10.1 Å². The Morgan fingerprint density at radius 1 is 1.44 bits per heavy atom. The molecule has 1 aliphatic rings. The lowest BCUT2D eigenvalue weighted by Gasteiger charge is -2.34. The van der Waals surface area contributed by atoms with Gasteiger partial charge in [-0.3, -0.25) is 4.90 Å². The highest BCUT2D eigenvalue weighted by Gasteiger charge is 2.27. The molecule has 0 amide bonds. The first kappa shape index (κ1) is 17.8. The Labute approximate surface area is 151 Å². The van der Waals surface area contributed by atoms with Crippen molar-refractivity contribution in [1.82, 2.24) is 10.1 Å². The summed E-state index contributed by atoms with van der Waals surface area (Å²) >= 11 is 6.14. The fraction of sp³-hybridized carbons (Fsp3) is 0.444. The molecule has 25 heavy (non-hydrogen) atoms. The first-order chi connectivity index (χ1) is 12.0. The van der Waals surface area contributed by atoms with Crippen molar-refractivity contribution in [2.24, 2.45) is 0 Å². The van der Waals surface area contributed by atoms with Crippen LogP contribution < -0.4 is 4.74 Å². The minimum absolute atomic E-state index is 0.178. The van der Waals surface area contributed by atoms with Gasteiger partial charge >= 0.3 is 5.97 Å². The van der Waals surface area contributed by atoms with Crippen molar-refractivity contribution in [3.05, 3.63) is 46.3 Å². The number of aryl methyl sites for hydroxylation is 1. The summed E-state index contributed by atoms with van der Waals surface area (Å²) in [6.45, 7) is 3.06. The normalized spacial score (nSPS) is 18.2. The zero-order valence-corrected chi connectivity index (χ0v) is 14.8. The van der Waals surface area contributed by atoms with Gasteiger partial charge in [0.15, 0.2) is 6.61 Å². The molecule has 0 aliphatic carbocycles. The minimum Gasteiger partial charge on any atom is -0.482 e. The van der Waals surface area contributed by atoms with Gasteiger partial charge in [0.05, 0.1) is 6.04 Å². The molecule has 134 valence electrons. The number of carboxylic acid groups (broad SMARTS) is 1. The smallest absolute Gasteiger partial charge is 0.341 e. The molecule has 3 rings (SSSR count). The van der Waals surface area contributed by atoms with Crippen LogP contribution >= 0.6 is 11.6 Å². The second-order valence-corrected chi connectivity index (χ2v) is 6.72. The number of ether oxygens (including phenoxy) is 1. The van der Waals surface area contributed by atoms with Gasteiger partial charge in [-0.15, -0.1) is 0 Å². The van der Waals surface area contributed by atoms with Gasteiger partial charge in [0.2, 0.25) is 0 Å². The molecule has 0 saturated carbocycles. The number of hydrogen-bond acceptors (Lipinski definition) is 5. The molecule has 0 bridgehead atoms. The lowest BCUT2D eigenvalue weighted by molar-refractivity contribution is -0.139. The fourth-order valence-electron chi connectivity index (χ4n) is 3.23. The van der Waals surface area contributed by atoms with E-state index in [0.29, 0.717) is 17.3 Å².